The van der Waals surface area contributed by atoms with Crippen molar-refractivity contribution in [2.24, 2.45) is 4.99 Å². The predicted molar refractivity (Wildman–Crippen MR) is 107 cm³/mol. The van der Waals surface area contributed by atoms with Crippen LogP contribution in [0.4, 0.5) is 0 Å². The molecule has 0 saturated carbocycles. The van der Waals surface area contributed by atoms with Gasteiger partial charge in [-0.05, 0) is 59.2 Å². The third kappa shape index (κ3) is 10.7. The maximum atomic E-state index is 5.09. The number of methoxy groups -OCH3 is 1. The highest BCUT2D eigenvalue weighted by Gasteiger charge is 2.16. The van der Waals surface area contributed by atoms with E-state index in [-0.39, 0.29) is 0 Å². The van der Waals surface area contributed by atoms with E-state index in [2.05, 4.69) is 39.4 Å². The summed E-state index contributed by atoms with van der Waals surface area (Å²) in [4.78, 5) is 9.27. The molecular formula is C19H41N5O. The van der Waals surface area contributed by atoms with Gasteiger partial charge in [-0.3, -0.25) is 4.99 Å². The average molecular weight is 356 g/mol. The van der Waals surface area contributed by atoms with Crippen LogP contribution < -0.4 is 10.6 Å². The summed E-state index contributed by atoms with van der Waals surface area (Å²) in [6, 6.07) is 0.775. The normalized spacial score (nSPS) is 19.4. The van der Waals surface area contributed by atoms with E-state index in [4.69, 9.17) is 4.74 Å². The van der Waals surface area contributed by atoms with Gasteiger partial charge in [0.15, 0.2) is 5.96 Å². The maximum Gasteiger partial charge on any atom is 0.191 e. The molecule has 1 fully saturated rings. The van der Waals surface area contributed by atoms with Gasteiger partial charge < -0.3 is 25.2 Å². The quantitative estimate of drug-likeness (QED) is 0.317. The number of unbranched alkanes of at least 4 members (excludes halogenated alkanes) is 1. The van der Waals surface area contributed by atoms with Crippen LogP contribution in [0.1, 0.15) is 45.4 Å². The van der Waals surface area contributed by atoms with E-state index in [9.17, 15) is 0 Å². The summed E-state index contributed by atoms with van der Waals surface area (Å²) in [7, 11) is 5.74. The summed E-state index contributed by atoms with van der Waals surface area (Å²) in [6.45, 7) is 9.71. The molecule has 6 heteroatoms. The van der Waals surface area contributed by atoms with Crippen LogP contribution in [0, 0.1) is 0 Å². The molecule has 0 aromatic heterocycles. The third-order valence-electron chi connectivity index (χ3n) is 5.00. The Hall–Kier alpha value is -0.850. The number of nitrogens with zero attached hydrogens (tertiary/aromatic N) is 3. The molecule has 148 valence electrons. The SMILES string of the molecule is CN=C(NCCCCN1CCCCC1C)NCCN(C)CCCOC. The molecule has 0 radical (unpaired) electrons. The fourth-order valence-corrected chi connectivity index (χ4v) is 3.31. The van der Waals surface area contributed by atoms with Crippen LogP contribution in [0.2, 0.25) is 0 Å². The number of likely N-dealkylation sites (N-methyl/N-ethyl adjacent to an activating group) is 1. The van der Waals surface area contributed by atoms with Crippen molar-refractivity contribution in [2.45, 2.75) is 51.5 Å². The van der Waals surface area contributed by atoms with Crippen molar-refractivity contribution in [3.05, 3.63) is 0 Å². The topological polar surface area (TPSA) is 52.1 Å². The highest BCUT2D eigenvalue weighted by molar-refractivity contribution is 5.79. The van der Waals surface area contributed by atoms with Crippen molar-refractivity contribution in [2.75, 3.05) is 67.1 Å². The highest BCUT2D eigenvalue weighted by Crippen LogP contribution is 2.16. The smallest absolute Gasteiger partial charge is 0.191 e. The molecule has 6 nitrogen and oxygen atoms in total. The molecule has 0 aliphatic carbocycles. The second-order valence-corrected chi connectivity index (χ2v) is 7.16. The average Bonchev–Trinajstić information content (AvgIpc) is 2.61. The van der Waals surface area contributed by atoms with Crippen molar-refractivity contribution < 1.29 is 4.74 Å². The first-order chi connectivity index (χ1) is 12.2. The fourth-order valence-electron chi connectivity index (χ4n) is 3.31. The number of piperidine rings is 1. The maximum absolute atomic E-state index is 5.09. The van der Waals surface area contributed by atoms with E-state index in [0.717, 1.165) is 51.2 Å². The number of ether oxygens (including phenoxy) is 1. The molecule has 0 bridgehead atoms. The number of hydrogen-bond donors (Lipinski definition) is 2. The molecule has 0 aromatic rings. The van der Waals surface area contributed by atoms with Crippen LogP contribution in [-0.4, -0.2) is 88.9 Å². The summed E-state index contributed by atoms with van der Waals surface area (Å²) in [5.74, 6) is 0.914. The van der Waals surface area contributed by atoms with E-state index >= 15 is 0 Å². The van der Waals surface area contributed by atoms with Gasteiger partial charge in [-0.2, -0.15) is 0 Å². The zero-order chi connectivity index (χ0) is 18.3. The number of hydrogen-bond acceptors (Lipinski definition) is 4. The summed E-state index contributed by atoms with van der Waals surface area (Å²) in [5.41, 5.74) is 0. The van der Waals surface area contributed by atoms with E-state index in [0.29, 0.717) is 0 Å². The Kier molecular flexibility index (Phi) is 12.7. The lowest BCUT2D eigenvalue weighted by Gasteiger charge is -2.33. The van der Waals surface area contributed by atoms with Crippen molar-refractivity contribution in [1.82, 2.24) is 20.4 Å². The summed E-state index contributed by atoms with van der Waals surface area (Å²) >= 11 is 0. The molecule has 1 rings (SSSR count). The number of guanidine groups is 1. The van der Waals surface area contributed by atoms with E-state index in [1.54, 1.807) is 7.11 Å². The van der Waals surface area contributed by atoms with Crippen LogP contribution in [0.3, 0.4) is 0 Å². The first kappa shape index (κ1) is 22.2. The Bertz CT molecular complexity index is 351. The molecule has 1 aliphatic rings. The van der Waals surface area contributed by atoms with Gasteiger partial charge in [-0.15, -0.1) is 0 Å². The van der Waals surface area contributed by atoms with Crippen LogP contribution >= 0.6 is 0 Å². The summed E-state index contributed by atoms with van der Waals surface area (Å²) in [5, 5.41) is 6.82. The Morgan fingerprint density at radius 3 is 2.68 bits per heavy atom. The molecule has 1 saturated heterocycles. The van der Waals surface area contributed by atoms with E-state index in [1.165, 1.54) is 45.2 Å². The standard InChI is InChI=1S/C19H41N5O/c1-18-10-5-7-14-24(18)15-8-6-11-21-19(20-2)22-12-16-23(3)13-9-17-25-4/h18H,5-17H2,1-4H3,(H2,20,21,22). The molecule has 2 N–H and O–H groups in total. The van der Waals surface area contributed by atoms with Gasteiger partial charge in [0, 0.05) is 53.0 Å². The van der Waals surface area contributed by atoms with Gasteiger partial charge in [-0.1, -0.05) is 6.42 Å². The summed E-state index contributed by atoms with van der Waals surface area (Å²) in [6.07, 6.45) is 7.68. The van der Waals surface area contributed by atoms with Crippen LogP contribution in [0.5, 0.6) is 0 Å². The van der Waals surface area contributed by atoms with Crippen LogP contribution in [0.15, 0.2) is 4.99 Å². The minimum absolute atomic E-state index is 0.775. The van der Waals surface area contributed by atoms with Gasteiger partial charge in [-0.25, -0.2) is 0 Å². The molecule has 0 amide bonds. The first-order valence-electron chi connectivity index (χ1n) is 10.0. The lowest BCUT2D eigenvalue weighted by molar-refractivity contribution is 0.158. The number of nitrogens with one attached hydrogen (secondary N) is 2. The van der Waals surface area contributed by atoms with Gasteiger partial charge in [0.05, 0.1) is 0 Å². The number of aliphatic imine (C=N–C) groups is 1. The van der Waals surface area contributed by atoms with Crippen molar-refractivity contribution in [1.29, 1.82) is 0 Å². The lowest BCUT2D eigenvalue weighted by atomic mass is 10.0. The van der Waals surface area contributed by atoms with Crippen LogP contribution in [0.25, 0.3) is 0 Å². The molecule has 0 aromatic carbocycles. The zero-order valence-corrected chi connectivity index (χ0v) is 17.0. The zero-order valence-electron chi connectivity index (χ0n) is 17.0. The second kappa shape index (κ2) is 14.3. The Morgan fingerprint density at radius 2 is 1.96 bits per heavy atom. The molecule has 25 heavy (non-hydrogen) atoms. The molecule has 1 atom stereocenters. The van der Waals surface area contributed by atoms with Gasteiger partial charge in [0.2, 0.25) is 0 Å². The molecule has 1 unspecified atom stereocenters. The Balaban J connectivity index is 2.02. The Morgan fingerprint density at radius 1 is 1.16 bits per heavy atom. The largest absolute Gasteiger partial charge is 0.385 e. The lowest BCUT2D eigenvalue weighted by Crippen LogP contribution is -2.41. The van der Waals surface area contributed by atoms with E-state index in [1.807, 2.05) is 7.05 Å². The molecule has 1 heterocycles. The van der Waals surface area contributed by atoms with Crippen molar-refractivity contribution >= 4 is 5.96 Å². The number of rotatable bonds is 12. The number of likely N-dealkylation sites (tertiary alicyclic amines) is 1. The van der Waals surface area contributed by atoms with E-state index < -0.39 is 0 Å². The minimum Gasteiger partial charge on any atom is -0.385 e. The van der Waals surface area contributed by atoms with Crippen molar-refractivity contribution in [3.63, 3.8) is 0 Å². The fraction of sp³-hybridized carbons (Fsp3) is 0.947. The first-order valence-corrected chi connectivity index (χ1v) is 10.0. The molecular weight excluding hydrogens is 314 g/mol. The predicted octanol–water partition coefficient (Wildman–Crippen LogP) is 1.77. The molecule has 0 spiro atoms. The van der Waals surface area contributed by atoms with Gasteiger partial charge in [0.25, 0.3) is 0 Å². The Labute approximate surface area is 155 Å². The molecule has 1 aliphatic heterocycles. The highest BCUT2D eigenvalue weighted by atomic mass is 16.5. The van der Waals surface area contributed by atoms with Crippen molar-refractivity contribution in [3.8, 4) is 0 Å². The second-order valence-electron chi connectivity index (χ2n) is 7.16. The van der Waals surface area contributed by atoms with Gasteiger partial charge in [0.1, 0.15) is 0 Å². The minimum atomic E-state index is 0.775. The summed E-state index contributed by atoms with van der Waals surface area (Å²) < 4.78 is 5.09. The van der Waals surface area contributed by atoms with Gasteiger partial charge >= 0.3 is 0 Å². The third-order valence-corrected chi connectivity index (χ3v) is 5.00. The monoisotopic (exact) mass is 355 g/mol. The van der Waals surface area contributed by atoms with Crippen LogP contribution in [-0.2, 0) is 4.74 Å².